The molecule has 4 aromatic rings. The van der Waals surface area contributed by atoms with Gasteiger partial charge in [-0.05, 0) is 43.4 Å². The van der Waals surface area contributed by atoms with Crippen LogP contribution in [0, 0.1) is 0 Å². The van der Waals surface area contributed by atoms with Gasteiger partial charge in [-0.1, -0.05) is 11.2 Å². The molecule has 0 spiro atoms. The van der Waals surface area contributed by atoms with E-state index in [0.29, 0.717) is 36.3 Å². The number of amides is 2. The molecule has 0 atom stereocenters. The van der Waals surface area contributed by atoms with Gasteiger partial charge in [-0.15, -0.1) is 11.8 Å². The molecule has 0 radical (unpaired) electrons. The van der Waals surface area contributed by atoms with Crippen LogP contribution in [-0.4, -0.2) is 107 Å². The van der Waals surface area contributed by atoms with Gasteiger partial charge >= 0.3 is 6.61 Å². The van der Waals surface area contributed by atoms with E-state index in [-0.39, 0.29) is 40.7 Å². The van der Waals surface area contributed by atoms with Gasteiger partial charge in [0, 0.05) is 61.3 Å². The molecule has 0 saturated carbocycles. The predicted octanol–water partition coefficient (Wildman–Crippen LogP) is 3.22. The van der Waals surface area contributed by atoms with Crippen molar-refractivity contribution in [1.82, 2.24) is 34.2 Å². The van der Waals surface area contributed by atoms with Crippen molar-refractivity contribution in [2.75, 3.05) is 49.3 Å². The summed E-state index contributed by atoms with van der Waals surface area (Å²) in [6, 6.07) is 6.79. The summed E-state index contributed by atoms with van der Waals surface area (Å²) in [5.74, 6) is 0.594. The third kappa shape index (κ3) is 7.08. The number of nitrogens with zero attached hydrogens (tertiary/aromatic N) is 7. The lowest BCUT2D eigenvalue weighted by atomic mass is 10.0. The molecule has 12 nitrogen and oxygen atoms in total. The quantitative estimate of drug-likeness (QED) is 0.213. The third-order valence-corrected chi connectivity index (χ3v) is 10.0. The first-order valence-electron chi connectivity index (χ1n) is 14.5. The van der Waals surface area contributed by atoms with Crippen molar-refractivity contribution in [3.63, 3.8) is 0 Å². The van der Waals surface area contributed by atoms with Crippen molar-refractivity contribution in [3.8, 4) is 17.0 Å². The van der Waals surface area contributed by atoms with Crippen LogP contribution in [-0.2, 0) is 22.5 Å². The molecule has 238 valence electrons. The second kappa shape index (κ2) is 13.7. The van der Waals surface area contributed by atoms with Gasteiger partial charge in [0.05, 0.1) is 11.9 Å². The maximum absolute atomic E-state index is 13.4. The van der Waals surface area contributed by atoms with Crippen molar-refractivity contribution in [2.24, 2.45) is 0 Å². The summed E-state index contributed by atoms with van der Waals surface area (Å²) in [5.41, 5.74) is 1.17. The zero-order valence-corrected chi connectivity index (χ0v) is 26.1. The van der Waals surface area contributed by atoms with Crippen molar-refractivity contribution in [1.29, 1.82) is 0 Å². The Morgan fingerprint density at radius 1 is 1.20 bits per heavy atom. The Balaban J connectivity index is 1.25. The van der Waals surface area contributed by atoms with Gasteiger partial charge in [-0.2, -0.15) is 19.0 Å². The Morgan fingerprint density at radius 2 is 1.98 bits per heavy atom. The lowest BCUT2D eigenvalue weighted by Crippen LogP contribution is -2.51. The van der Waals surface area contributed by atoms with Crippen LogP contribution < -0.4 is 10.1 Å². The van der Waals surface area contributed by atoms with Gasteiger partial charge in [0.1, 0.15) is 35.1 Å². The molecule has 2 aliphatic heterocycles. The number of carbonyl (C=O) groups is 2. The number of likely N-dealkylation sites (tertiary alicyclic amines) is 1. The van der Waals surface area contributed by atoms with Crippen LogP contribution in [0.1, 0.15) is 23.2 Å². The summed E-state index contributed by atoms with van der Waals surface area (Å²) in [7, 11) is 0. The van der Waals surface area contributed by atoms with Crippen molar-refractivity contribution < 1.29 is 27.7 Å². The van der Waals surface area contributed by atoms with E-state index in [9.17, 15) is 22.9 Å². The Labute approximate surface area is 265 Å². The van der Waals surface area contributed by atoms with Gasteiger partial charge in [0.15, 0.2) is 5.65 Å². The molecule has 45 heavy (non-hydrogen) atoms. The number of fused-ring (bicyclic) bond motifs is 1. The molecule has 6 rings (SSSR count). The maximum Gasteiger partial charge on any atom is 0.387 e. The number of thioether (sulfide) groups is 1. The minimum absolute atomic E-state index is 0.109. The number of rotatable bonds is 9. The lowest BCUT2D eigenvalue weighted by Gasteiger charge is -2.40. The van der Waals surface area contributed by atoms with Gasteiger partial charge in [-0.25, -0.2) is 9.50 Å². The van der Waals surface area contributed by atoms with Crippen LogP contribution in [0.3, 0.4) is 0 Å². The molecule has 0 aliphatic carbocycles. The fourth-order valence-electron chi connectivity index (χ4n) is 5.73. The van der Waals surface area contributed by atoms with Crippen molar-refractivity contribution >= 4 is 46.1 Å². The first-order chi connectivity index (χ1) is 21.8. The highest BCUT2D eigenvalue weighted by atomic mass is 32.2. The summed E-state index contributed by atoms with van der Waals surface area (Å²) < 4.78 is 46.2. The molecular weight excluding hydrogens is 627 g/mol. The Hall–Kier alpha value is -3.73. The minimum atomic E-state index is -3.08. The second-order valence-corrected chi connectivity index (χ2v) is 13.3. The van der Waals surface area contributed by atoms with Crippen LogP contribution in [0.5, 0.6) is 5.75 Å². The number of halogens is 2. The van der Waals surface area contributed by atoms with Crippen LogP contribution in [0.25, 0.3) is 16.9 Å². The molecule has 2 amide bonds. The monoisotopic (exact) mass is 658 g/mol. The van der Waals surface area contributed by atoms with Gasteiger partial charge in [-0.3, -0.25) is 19.2 Å². The average molecular weight is 659 g/mol. The molecule has 2 fully saturated rings. The number of piperidine rings is 1. The Kier molecular flexibility index (Phi) is 9.53. The number of carbonyl (C=O) groups excluding carboxylic acids is 2. The van der Waals surface area contributed by atoms with Gasteiger partial charge in [0.25, 0.3) is 5.91 Å². The highest BCUT2D eigenvalue weighted by Gasteiger charge is 2.31. The van der Waals surface area contributed by atoms with E-state index < -0.39 is 23.7 Å². The number of anilines is 1. The molecule has 1 N–H and O–H groups in total. The first-order valence-corrected chi connectivity index (χ1v) is 17.2. The number of hydrogen-bond acceptors (Lipinski definition) is 9. The SMILES string of the molecule is CSc1ccc(OC(F)F)c(-c2nn(CC(=O)N3CCC(N4CC[S+]([O-])CC4)CC3)cc2NC(=O)c2cnn3cccnc23)c1. The molecule has 16 heteroatoms. The fraction of sp³-hybridized carbons (Fsp3) is 0.414. The highest BCUT2D eigenvalue weighted by molar-refractivity contribution is 7.98. The normalized spacial score (nSPS) is 16.9. The lowest BCUT2D eigenvalue weighted by molar-refractivity contribution is -0.133. The summed E-state index contributed by atoms with van der Waals surface area (Å²) in [6.07, 6.45) is 9.61. The first kappa shape index (κ1) is 31.3. The fourth-order valence-corrected chi connectivity index (χ4v) is 7.25. The topological polar surface area (TPSA) is 133 Å². The zero-order valence-electron chi connectivity index (χ0n) is 24.5. The molecule has 2 aliphatic rings. The van der Waals surface area contributed by atoms with E-state index in [4.69, 9.17) is 4.74 Å². The Morgan fingerprint density at radius 3 is 2.71 bits per heavy atom. The molecule has 0 unspecified atom stereocenters. The molecule has 0 bridgehead atoms. The number of benzene rings is 1. The smallest absolute Gasteiger partial charge is 0.387 e. The van der Waals surface area contributed by atoms with Crippen LogP contribution >= 0.6 is 11.8 Å². The third-order valence-electron chi connectivity index (χ3n) is 8.03. The van der Waals surface area contributed by atoms with Crippen molar-refractivity contribution in [2.45, 2.75) is 36.9 Å². The minimum Gasteiger partial charge on any atom is -0.616 e. The van der Waals surface area contributed by atoms with E-state index in [1.54, 1.807) is 35.5 Å². The number of nitrogens with one attached hydrogen (secondary N) is 1. The average Bonchev–Trinajstić information content (AvgIpc) is 3.65. The molecule has 1 aromatic carbocycles. The van der Waals surface area contributed by atoms with Crippen molar-refractivity contribution in [3.05, 3.63) is 54.6 Å². The number of hydrogen-bond donors (Lipinski definition) is 1. The number of aromatic nitrogens is 5. The standard InChI is InChI=1S/C29H32F2N8O4S2/c1-44-20-3-4-24(43-29(30)31)21(15-20)26-23(34-28(41)22-16-33-39-8-2-7-32-27(22)39)17-38(35-26)18-25(40)37-9-5-19(6-10-37)36-11-13-45(42)14-12-36/h2-4,7-8,15-17,19,29H,5-6,9-14,18H2,1H3,(H,34,41). The van der Waals surface area contributed by atoms with Gasteiger partial charge < -0.3 is 19.5 Å². The molecular formula is C29H32F2N8O4S2. The summed E-state index contributed by atoms with van der Waals surface area (Å²) in [5, 5.41) is 11.6. The highest BCUT2D eigenvalue weighted by Crippen LogP contribution is 2.38. The molecule has 2 saturated heterocycles. The molecule has 3 aromatic heterocycles. The van der Waals surface area contributed by atoms with Crippen LogP contribution in [0.2, 0.25) is 0 Å². The van der Waals surface area contributed by atoms with Crippen LogP contribution in [0.4, 0.5) is 14.5 Å². The van der Waals surface area contributed by atoms with Crippen LogP contribution in [0.15, 0.2) is 53.9 Å². The summed E-state index contributed by atoms with van der Waals surface area (Å²) in [6.45, 7) is -0.381. The largest absolute Gasteiger partial charge is 0.616 e. The van der Waals surface area contributed by atoms with E-state index in [2.05, 4.69) is 25.4 Å². The number of alkyl halides is 2. The second-order valence-electron chi connectivity index (χ2n) is 10.7. The zero-order chi connectivity index (χ0) is 31.5. The molecule has 5 heterocycles. The summed E-state index contributed by atoms with van der Waals surface area (Å²) >= 11 is 0.670. The Bertz CT molecular complexity index is 1670. The van der Waals surface area contributed by atoms with Gasteiger partial charge in [0.2, 0.25) is 5.91 Å². The summed E-state index contributed by atoms with van der Waals surface area (Å²) in [4.78, 5) is 36.0. The van der Waals surface area contributed by atoms with E-state index in [1.165, 1.54) is 39.4 Å². The number of ether oxygens (including phenoxy) is 1. The van der Waals surface area contributed by atoms with E-state index in [0.717, 1.165) is 30.8 Å². The maximum atomic E-state index is 13.4. The van der Waals surface area contributed by atoms with E-state index in [1.807, 2.05) is 6.26 Å². The van der Waals surface area contributed by atoms with E-state index >= 15 is 0 Å². The predicted molar refractivity (Wildman–Crippen MR) is 166 cm³/mol.